The van der Waals surface area contributed by atoms with E-state index in [1.54, 1.807) is 7.11 Å². The Bertz CT molecular complexity index is 1070. The van der Waals surface area contributed by atoms with Crippen molar-refractivity contribution in [1.29, 1.82) is 0 Å². The minimum absolute atomic E-state index is 0.767. The third-order valence-electron chi connectivity index (χ3n) is 4.20. The van der Waals surface area contributed by atoms with E-state index in [-0.39, 0.29) is 0 Å². The number of rotatable bonds is 4. The van der Waals surface area contributed by atoms with Crippen molar-refractivity contribution in [2.24, 2.45) is 0 Å². The molecule has 0 spiro atoms. The number of hydrogen-bond donors (Lipinski definition) is 0. The Morgan fingerprint density at radius 2 is 1.14 bits per heavy atom. The van der Waals surface area contributed by atoms with Crippen LogP contribution in [0.4, 0.5) is 0 Å². The summed E-state index contributed by atoms with van der Waals surface area (Å²) < 4.78 is 6.81. The van der Waals surface area contributed by atoms with Crippen molar-refractivity contribution < 1.29 is 4.74 Å². The van der Waals surface area contributed by atoms with Crippen molar-refractivity contribution in [1.82, 2.24) is 15.0 Å². The quantitative estimate of drug-likeness (QED) is 0.306. The van der Waals surface area contributed by atoms with Crippen LogP contribution in [0, 0.1) is 0 Å². The predicted molar refractivity (Wildman–Crippen MR) is 118 cm³/mol. The number of hydrogen-bond acceptors (Lipinski definition) is 4. The second kappa shape index (κ2) is 8.20. The van der Waals surface area contributed by atoms with E-state index < -0.39 is 0 Å². The Kier molecular flexibility index (Phi) is 5.50. The third-order valence-corrected chi connectivity index (χ3v) is 5.09. The summed E-state index contributed by atoms with van der Waals surface area (Å²) in [6.07, 6.45) is 0. The van der Waals surface area contributed by atoms with E-state index in [2.05, 4.69) is 41.8 Å². The minimum Gasteiger partial charge on any atom is -0.497 e. The molecule has 3 aromatic heterocycles. The number of aromatic nitrogens is 3. The number of methoxy groups -OCH3 is 1. The molecule has 0 bridgehead atoms. The zero-order valence-electron chi connectivity index (χ0n) is 14.9. The van der Waals surface area contributed by atoms with Gasteiger partial charge in [0.05, 0.1) is 29.9 Å². The van der Waals surface area contributed by atoms with Crippen molar-refractivity contribution >= 4 is 31.9 Å². The smallest absolute Gasteiger partial charge is 0.118 e. The lowest BCUT2D eigenvalue weighted by Gasteiger charge is -2.10. The lowest BCUT2D eigenvalue weighted by molar-refractivity contribution is 0.415. The molecule has 0 amide bonds. The van der Waals surface area contributed by atoms with E-state index in [9.17, 15) is 0 Å². The van der Waals surface area contributed by atoms with Gasteiger partial charge in [-0.2, -0.15) is 0 Å². The molecule has 0 radical (unpaired) electrons. The Balaban J connectivity index is 1.89. The van der Waals surface area contributed by atoms with Crippen LogP contribution in [-0.4, -0.2) is 22.1 Å². The van der Waals surface area contributed by atoms with Crippen molar-refractivity contribution in [2.75, 3.05) is 7.11 Å². The lowest BCUT2D eigenvalue weighted by atomic mass is 10.0. The fourth-order valence-electron chi connectivity index (χ4n) is 2.84. The summed E-state index contributed by atoms with van der Waals surface area (Å²) in [4.78, 5) is 13.9. The molecule has 138 valence electrons. The fraction of sp³-hybridized carbons (Fsp3) is 0.0455. The second-order valence-electron chi connectivity index (χ2n) is 6.05. The molecule has 0 aliphatic carbocycles. The molecule has 4 aromatic rings. The van der Waals surface area contributed by atoms with Crippen LogP contribution in [0.1, 0.15) is 0 Å². The Morgan fingerprint density at radius 1 is 0.607 bits per heavy atom. The monoisotopic (exact) mass is 495 g/mol. The lowest BCUT2D eigenvalue weighted by Crippen LogP contribution is -1.94. The highest BCUT2D eigenvalue weighted by molar-refractivity contribution is 9.10. The first-order chi connectivity index (χ1) is 13.6. The number of halogens is 2. The summed E-state index contributed by atoms with van der Waals surface area (Å²) in [5.74, 6) is 0.820. The molecule has 0 saturated carbocycles. The van der Waals surface area contributed by atoms with Crippen LogP contribution in [0.5, 0.6) is 5.75 Å². The number of pyridine rings is 3. The molecule has 4 nitrogen and oxygen atoms in total. The van der Waals surface area contributed by atoms with E-state index >= 15 is 0 Å². The van der Waals surface area contributed by atoms with Gasteiger partial charge in [-0.3, -0.25) is 0 Å². The normalized spacial score (nSPS) is 10.7. The van der Waals surface area contributed by atoms with E-state index in [0.717, 1.165) is 48.9 Å². The highest BCUT2D eigenvalue weighted by atomic mass is 79.9. The van der Waals surface area contributed by atoms with Gasteiger partial charge in [-0.1, -0.05) is 24.3 Å². The van der Waals surface area contributed by atoms with Gasteiger partial charge in [0.25, 0.3) is 0 Å². The molecule has 0 N–H and O–H groups in total. The summed E-state index contributed by atoms with van der Waals surface area (Å²) in [5.41, 5.74) is 5.25. The molecule has 0 fully saturated rings. The first-order valence-corrected chi connectivity index (χ1v) is 10.1. The van der Waals surface area contributed by atoms with Gasteiger partial charge in [0, 0.05) is 0 Å². The first-order valence-electron chi connectivity index (χ1n) is 8.55. The summed E-state index contributed by atoms with van der Waals surface area (Å²) in [5, 5.41) is 0. The molecule has 0 aliphatic heterocycles. The van der Waals surface area contributed by atoms with Gasteiger partial charge in [-0.25, -0.2) is 15.0 Å². The van der Waals surface area contributed by atoms with Gasteiger partial charge >= 0.3 is 0 Å². The van der Waals surface area contributed by atoms with Crippen LogP contribution in [-0.2, 0) is 0 Å². The Morgan fingerprint density at radius 3 is 1.61 bits per heavy atom. The summed E-state index contributed by atoms with van der Waals surface area (Å²) in [6, 6.07) is 23.6. The highest BCUT2D eigenvalue weighted by Gasteiger charge is 2.11. The zero-order valence-corrected chi connectivity index (χ0v) is 18.1. The maximum Gasteiger partial charge on any atom is 0.118 e. The summed E-state index contributed by atoms with van der Waals surface area (Å²) >= 11 is 6.88. The van der Waals surface area contributed by atoms with Gasteiger partial charge < -0.3 is 4.74 Å². The second-order valence-corrected chi connectivity index (χ2v) is 7.67. The maximum absolute atomic E-state index is 5.27. The molecule has 0 atom stereocenters. The van der Waals surface area contributed by atoms with Gasteiger partial charge in [0.15, 0.2) is 0 Å². The van der Waals surface area contributed by atoms with Crippen LogP contribution in [0.2, 0.25) is 0 Å². The third kappa shape index (κ3) is 4.13. The molecule has 4 rings (SSSR count). The van der Waals surface area contributed by atoms with Crippen LogP contribution < -0.4 is 4.74 Å². The SMILES string of the molecule is COc1ccc(-c2cc(-c3cccc(Br)n3)nc(-c3cccc(Br)n3)c2)cc1. The van der Waals surface area contributed by atoms with E-state index in [1.807, 2.05) is 72.8 Å². The Hall–Kier alpha value is -2.57. The highest BCUT2D eigenvalue weighted by Crippen LogP contribution is 2.30. The van der Waals surface area contributed by atoms with Crippen molar-refractivity contribution in [3.63, 3.8) is 0 Å². The maximum atomic E-state index is 5.27. The fourth-order valence-corrected chi connectivity index (χ4v) is 3.53. The predicted octanol–water partition coefficient (Wildman–Crippen LogP) is 6.41. The zero-order chi connectivity index (χ0) is 19.5. The topological polar surface area (TPSA) is 47.9 Å². The number of ether oxygens (including phenoxy) is 1. The molecule has 0 saturated heterocycles. The molecule has 3 heterocycles. The van der Waals surface area contributed by atoms with E-state index in [1.165, 1.54) is 0 Å². The average molecular weight is 497 g/mol. The first kappa shape index (κ1) is 18.8. The number of benzene rings is 1. The van der Waals surface area contributed by atoms with Crippen LogP contribution in [0.3, 0.4) is 0 Å². The largest absolute Gasteiger partial charge is 0.497 e. The standard InChI is InChI=1S/C22H15Br2N3O/c1-28-16-10-8-14(9-11-16)15-12-19(17-4-2-6-21(23)26-17)25-20(13-15)18-5-3-7-22(24)27-18/h2-13H,1H3. The van der Waals surface area contributed by atoms with Crippen molar-refractivity contribution in [2.45, 2.75) is 0 Å². The van der Waals surface area contributed by atoms with Gasteiger partial charge in [0.2, 0.25) is 0 Å². The molecule has 0 aliphatic rings. The molecular formula is C22H15Br2N3O. The molecule has 1 aromatic carbocycles. The van der Waals surface area contributed by atoms with Crippen LogP contribution in [0.15, 0.2) is 82.0 Å². The van der Waals surface area contributed by atoms with Crippen LogP contribution >= 0.6 is 31.9 Å². The molecule has 0 unspecified atom stereocenters. The van der Waals surface area contributed by atoms with Crippen molar-refractivity contribution in [3.8, 4) is 39.7 Å². The summed E-state index contributed by atoms with van der Waals surface area (Å²) in [7, 11) is 1.66. The van der Waals surface area contributed by atoms with E-state index in [0.29, 0.717) is 0 Å². The van der Waals surface area contributed by atoms with Crippen LogP contribution in [0.25, 0.3) is 33.9 Å². The van der Waals surface area contributed by atoms with Gasteiger partial charge in [0.1, 0.15) is 15.0 Å². The van der Waals surface area contributed by atoms with Gasteiger partial charge in [-0.05, 0) is 91.5 Å². The Labute approximate surface area is 179 Å². The molecule has 6 heteroatoms. The summed E-state index contributed by atoms with van der Waals surface area (Å²) in [6.45, 7) is 0. The molecule has 28 heavy (non-hydrogen) atoms. The minimum atomic E-state index is 0.767. The van der Waals surface area contributed by atoms with Crippen molar-refractivity contribution in [3.05, 3.63) is 82.0 Å². The molecular weight excluding hydrogens is 482 g/mol. The van der Waals surface area contributed by atoms with Gasteiger partial charge in [-0.15, -0.1) is 0 Å². The number of nitrogens with zero attached hydrogens (tertiary/aromatic N) is 3. The van der Waals surface area contributed by atoms with E-state index in [4.69, 9.17) is 9.72 Å². The average Bonchev–Trinajstić information content (AvgIpc) is 2.73.